The zero-order valence-electron chi connectivity index (χ0n) is 14.8. The standard InChI is InChI=1S/C20H14Cl2N4O2S/c21-13-10-11-16(15(22)12-13)23-19-20(25-18-9-5-4-8-17(18)24-19)26-29(27,28)14-6-2-1-3-7-14/h1-12H,(H,23,24)(H,25,26). The van der Waals surface area contributed by atoms with Crippen molar-refractivity contribution in [3.63, 3.8) is 0 Å². The summed E-state index contributed by atoms with van der Waals surface area (Å²) in [5.41, 5.74) is 1.66. The van der Waals surface area contributed by atoms with Gasteiger partial charge >= 0.3 is 0 Å². The average Bonchev–Trinajstić information content (AvgIpc) is 2.71. The van der Waals surface area contributed by atoms with Gasteiger partial charge in [0.25, 0.3) is 10.0 Å². The number of nitrogens with one attached hydrogen (secondary N) is 2. The molecule has 0 bridgehead atoms. The van der Waals surface area contributed by atoms with Crippen molar-refractivity contribution in [1.29, 1.82) is 0 Å². The van der Waals surface area contributed by atoms with Crippen LogP contribution in [0.4, 0.5) is 17.3 Å². The first-order chi connectivity index (χ1) is 13.9. The number of nitrogens with zero attached hydrogens (tertiary/aromatic N) is 2. The lowest BCUT2D eigenvalue weighted by Crippen LogP contribution is -2.16. The van der Waals surface area contributed by atoms with Gasteiger partial charge < -0.3 is 5.32 Å². The molecule has 0 amide bonds. The molecule has 0 radical (unpaired) electrons. The summed E-state index contributed by atoms with van der Waals surface area (Å²) >= 11 is 12.2. The minimum atomic E-state index is -3.86. The fourth-order valence-electron chi connectivity index (χ4n) is 2.66. The Morgan fingerprint density at radius 3 is 2.03 bits per heavy atom. The number of para-hydroxylation sites is 2. The highest BCUT2D eigenvalue weighted by Crippen LogP contribution is 2.31. The van der Waals surface area contributed by atoms with Crippen molar-refractivity contribution in [2.24, 2.45) is 0 Å². The first kappa shape index (κ1) is 19.4. The normalized spacial score (nSPS) is 11.4. The van der Waals surface area contributed by atoms with Gasteiger partial charge in [0.15, 0.2) is 11.6 Å². The van der Waals surface area contributed by atoms with Crippen LogP contribution in [0.25, 0.3) is 11.0 Å². The Morgan fingerprint density at radius 1 is 0.759 bits per heavy atom. The molecule has 1 heterocycles. The lowest BCUT2D eigenvalue weighted by atomic mass is 10.3. The van der Waals surface area contributed by atoms with Crippen LogP contribution in [0.1, 0.15) is 0 Å². The average molecular weight is 445 g/mol. The van der Waals surface area contributed by atoms with Gasteiger partial charge in [0.05, 0.1) is 26.6 Å². The third-order valence-electron chi connectivity index (χ3n) is 4.04. The molecular weight excluding hydrogens is 431 g/mol. The maximum atomic E-state index is 12.8. The Labute approximate surface area is 177 Å². The topological polar surface area (TPSA) is 84.0 Å². The molecule has 146 valence electrons. The third-order valence-corrected chi connectivity index (χ3v) is 5.94. The summed E-state index contributed by atoms with van der Waals surface area (Å²) in [6.45, 7) is 0. The molecule has 0 saturated carbocycles. The van der Waals surface area contributed by atoms with Crippen molar-refractivity contribution in [1.82, 2.24) is 9.97 Å². The van der Waals surface area contributed by atoms with E-state index in [9.17, 15) is 8.42 Å². The number of fused-ring (bicyclic) bond motifs is 1. The van der Waals surface area contributed by atoms with Crippen molar-refractivity contribution in [3.05, 3.63) is 82.8 Å². The second-order valence-corrected chi connectivity index (χ2v) is 8.60. The molecule has 0 aliphatic heterocycles. The van der Waals surface area contributed by atoms with E-state index in [1.165, 1.54) is 12.1 Å². The van der Waals surface area contributed by atoms with Crippen molar-refractivity contribution in [2.75, 3.05) is 10.0 Å². The quantitative estimate of drug-likeness (QED) is 0.425. The highest BCUT2D eigenvalue weighted by molar-refractivity contribution is 7.92. The summed E-state index contributed by atoms with van der Waals surface area (Å²) in [7, 11) is -3.86. The van der Waals surface area contributed by atoms with E-state index in [2.05, 4.69) is 20.0 Å². The van der Waals surface area contributed by atoms with Crippen LogP contribution in [0.3, 0.4) is 0 Å². The molecule has 0 saturated heterocycles. The molecule has 9 heteroatoms. The zero-order chi connectivity index (χ0) is 20.4. The van der Waals surface area contributed by atoms with Gasteiger partial charge in [0, 0.05) is 5.02 Å². The number of anilines is 3. The predicted molar refractivity (Wildman–Crippen MR) is 117 cm³/mol. The number of aromatic nitrogens is 2. The highest BCUT2D eigenvalue weighted by atomic mass is 35.5. The van der Waals surface area contributed by atoms with Crippen LogP contribution in [0.5, 0.6) is 0 Å². The number of rotatable bonds is 5. The van der Waals surface area contributed by atoms with Crippen LogP contribution in [0.2, 0.25) is 10.0 Å². The predicted octanol–water partition coefficient (Wildman–Crippen LogP) is 5.48. The van der Waals surface area contributed by atoms with Gasteiger partial charge in [-0.25, -0.2) is 18.4 Å². The van der Waals surface area contributed by atoms with Gasteiger partial charge in [-0.1, -0.05) is 53.5 Å². The first-order valence-corrected chi connectivity index (χ1v) is 10.7. The van der Waals surface area contributed by atoms with Crippen molar-refractivity contribution in [3.8, 4) is 0 Å². The number of sulfonamides is 1. The van der Waals surface area contributed by atoms with E-state index in [1.807, 2.05) is 6.07 Å². The molecule has 4 rings (SSSR count). The fourth-order valence-corrected chi connectivity index (χ4v) is 4.15. The summed E-state index contributed by atoms with van der Waals surface area (Å²) < 4.78 is 28.1. The Morgan fingerprint density at radius 2 is 1.38 bits per heavy atom. The Balaban J connectivity index is 1.80. The van der Waals surface area contributed by atoms with Crippen LogP contribution in [-0.2, 0) is 10.0 Å². The van der Waals surface area contributed by atoms with Crippen LogP contribution < -0.4 is 10.0 Å². The van der Waals surface area contributed by atoms with Gasteiger partial charge in [0.1, 0.15) is 0 Å². The molecular formula is C20H14Cl2N4O2S. The van der Waals surface area contributed by atoms with Gasteiger partial charge in [-0.3, -0.25) is 4.72 Å². The summed E-state index contributed by atoms with van der Waals surface area (Å²) in [4.78, 5) is 9.08. The van der Waals surface area contributed by atoms with Crippen LogP contribution in [0, 0.1) is 0 Å². The SMILES string of the molecule is O=S(=O)(Nc1nc2ccccc2nc1Nc1ccc(Cl)cc1Cl)c1ccccc1. The number of hydrogen-bond donors (Lipinski definition) is 2. The van der Waals surface area contributed by atoms with Crippen molar-refractivity contribution < 1.29 is 8.42 Å². The van der Waals surface area contributed by atoms with E-state index < -0.39 is 10.0 Å². The second-order valence-electron chi connectivity index (χ2n) is 6.08. The summed E-state index contributed by atoms with van der Waals surface area (Å²) in [5, 5.41) is 3.89. The van der Waals surface area contributed by atoms with E-state index in [-0.39, 0.29) is 16.5 Å². The van der Waals surface area contributed by atoms with Gasteiger partial charge in [-0.2, -0.15) is 0 Å². The zero-order valence-corrected chi connectivity index (χ0v) is 17.1. The Hall–Kier alpha value is -2.87. The monoisotopic (exact) mass is 444 g/mol. The summed E-state index contributed by atoms with van der Waals surface area (Å²) in [6.07, 6.45) is 0. The maximum Gasteiger partial charge on any atom is 0.263 e. The number of hydrogen-bond acceptors (Lipinski definition) is 5. The molecule has 29 heavy (non-hydrogen) atoms. The van der Waals surface area contributed by atoms with Crippen molar-refractivity contribution in [2.45, 2.75) is 4.90 Å². The lowest BCUT2D eigenvalue weighted by Gasteiger charge is -2.14. The smallest absolute Gasteiger partial charge is 0.263 e. The minimum absolute atomic E-state index is 0.0542. The lowest BCUT2D eigenvalue weighted by molar-refractivity contribution is 0.601. The molecule has 0 unspecified atom stereocenters. The van der Waals surface area contributed by atoms with E-state index >= 15 is 0 Å². The van der Waals surface area contributed by atoms with Gasteiger partial charge in [-0.15, -0.1) is 0 Å². The second kappa shape index (κ2) is 7.87. The molecule has 6 nitrogen and oxygen atoms in total. The number of halogens is 2. The van der Waals surface area contributed by atoms with Gasteiger partial charge in [-0.05, 0) is 42.5 Å². The van der Waals surface area contributed by atoms with E-state index in [0.29, 0.717) is 26.8 Å². The van der Waals surface area contributed by atoms with Crippen molar-refractivity contribution >= 4 is 61.6 Å². The Bertz CT molecular complexity index is 1300. The van der Waals surface area contributed by atoms with Crippen LogP contribution in [0.15, 0.2) is 77.7 Å². The molecule has 2 N–H and O–H groups in total. The summed E-state index contributed by atoms with van der Waals surface area (Å²) in [6, 6.07) is 20.1. The highest BCUT2D eigenvalue weighted by Gasteiger charge is 2.19. The van der Waals surface area contributed by atoms with E-state index in [0.717, 1.165) is 0 Å². The number of benzene rings is 3. The molecule has 0 fully saturated rings. The van der Waals surface area contributed by atoms with E-state index in [4.69, 9.17) is 23.2 Å². The molecule has 1 aromatic heterocycles. The molecule has 0 spiro atoms. The van der Waals surface area contributed by atoms with E-state index in [1.54, 1.807) is 54.6 Å². The first-order valence-electron chi connectivity index (χ1n) is 8.49. The fraction of sp³-hybridized carbons (Fsp3) is 0. The van der Waals surface area contributed by atoms with Gasteiger partial charge in [0.2, 0.25) is 0 Å². The maximum absolute atomic E-state index is 12.8. The molecule has 0 atom stereocenters. The molecule has 0 aliphatic rings. The Kier molecular flexibility index (Phi) is 5.27. The molecule has 3 aromatic carbocycles. The third kappa shape index (κ3) is 4.27. The molecule has 4 aromatic rings. The van der Waals surface area contributed by atoms with Crippen LogP contribution >= 0.6 is 23.2 Å². The molecule has 0 aliphatic carbocycles. The minimum Gasteiger partial charge on any atom is -0.336 e. The largest absolute Gasteiger partial charge is 0.336 e. The summed E-state index contributed by atoms with van der Waals surface area (Å²) in [5.74, 6) is 0.269. The van der Waals surface area contributed by atoms with Crippen LogP contribution in [-0.4, -0.2) is 18.4 Å².